The van der Waals surface area contributed by atoms with Crippen LogP contribution in [0, 0.1) is 10.8 Å². The smallest absolute Gasteiger partial charge is 0.240 e. The number of para-hydroxylation sites is 2. The number of fused-ring (bicyclic) bond motifs is 1. The Morgan fingerprint density at radius 2 is 1.70 bits per heavy atom. The van der Waals surface area contributed by atoms with Crippen molar-refractivity contribution in [1.29, 1.82) is 0 Å². The van der Waals surface area contributed by atoms with Crippen molar-refractivity contribution in [3.05, 3.63) is 24.3 Å². The summed E-state index contributed by atoms with van der Waals surface area (Å²) in [6.45, 7) is 7.60. The Bertz CT molecular complexity index is 641. The van der Waals surface area contributed by atoms with Crippen LogP contribution in [-0.4, -0.2) is 31.8 Å². The summed E-state index contributed by atoms with van der Waals surface area (Å²) in [5.74, 6) is 0.124. The van der Waals surface area contributed by atoms with Gasteiger partial charge in [0.1, 0.15) is 11.2 Å². The fourth-order valence-electron chi connectivity index (χ4n) is 3.36. The molecule has 0 unspecified atom stereocenters. The van der Waals surface area contributed by atoms with Crippen molar-refractivity contribution < 1.29 is 9.59 Å². The first-order valence-corrected chi connectivity index (χ1v) is 8.40. The molecule has 0 bridgehead atoms. The van der Waals surface area contributed by atoms with E-state index in [4.69, 9.17) is 0 Å². The maximum Gasteiger partial charge on any atom is 0.240 e. The summed E-state index contributed by atoms with van der Waals surface area (Å²) >= 11 is 0. The van der Waals surface area contributed by atoms with Crippen LogP contribution in [-0.2, 0) is 9.59 Å². The van der Waals surface area contributed by atoms with Gasteiger partial charge in [-0.1, -0.05) is 32.9 Å². The molecule has 124 valence electrons. The molecule has 1 amide bonds. The lowest BCUT2D eigenvalue weighted by molar-refractivity contribution is -0.135. The molecule has 1 fully saturated rings. The first-order valence-electron chi connectivity index (χ1n) is 8.40. The third kappa shape index (κ3) is 2.87. The van der Waals surface area contributed by atoms with E-state index in [1.54, 1.807) is 0 Å². The molecule has 1 aromatic carbocycles. The Morgan fingerprint density at radius 1 is 1.09 bits per heavy atom. The topological polar surface area (TPSA) is 40.6 Å². The molecule has 0 aromatic heterocycles. The van der Waals surface area contributed by atoms with Crippen molar-refractivity contribution in [3.63, 3.8) is 0 Å². The second kappa shape index (κ2) is 5.36. The molecule has 0 N–H and O–H groups in total. The number of hydrogen-bond acceptors (Lipinski definition) is 3. The predicted octanol–water partition coefficient (Wildman–Crippen LogP) is 3.25. The maximum atomic E-state index is 13.2. The number of benzene rings is 1. The zero-order valence-electron chi connectivity index (χ0n) is 14.6. The normalized spacial score (nSPS) is 19.3. The summed E-state index contributed by atoms with van der Waals surface area (Å²) < 4.78 is 0. The number of hydrogen-bond donors (Lipinski definition) is 0. The first kappa shape index (κ1) is 16.0. The van der Waals surface area contributed by atoms with Gasteiger partial charge in [-0.25, -0.2) is 0 Å². The van der Waals surface area contributed by atoms with Gasteiger partial charge in [-0.15, -0.1) is 0 Å². The number of nitrogens with zero attached hydrogens (tertiary/aromatic N) is 2. The van der Waals surface area contributed by atoms with Crippen LogP contribution in [0.15, 0.2) is 24.3 Å². The van der Waals surface area contributed by atoms with E-state index in [9.17, 15) is 9.59 Å². The minimum absolute atomic E-state index is 0.00676. The highest BCUT2D eigenvalue weighted by atomic mass is 16.2. The summed E-state index contributed by atoms with van der Waals surface area (Å²) in [7, 11) is 2.04. The standard InChI is InChI=1S/C19H26N2O2/c1-18(2,3)13-16(22)19(9-10-19)17(23)21-12-11-20(4)14-7-5-6-8-15(14)21/h5-8H,9-13H2,1-4H3. The van der Waals surface area contributed by atoms with E-state index in [1.807, 2.05) is 36.2 Å². The molecule has 1 aliphatic heterocycles. The lowest BCUT2D eigenvalue weighted by Gasteiger charge is -2.37. The fourth-order valence-corrected chi connectivity index (χ4v) is 3.36. The Kier molecular flexibility index (Phi) is 3.74. The van der Waals surface area contributed by atoms with Gasteiger partial charge >= 0.3 is 0 Å². The summed E-state index contributed by atoms with van der Waals surface area (Å²) in [5.41, 5.74) is 1.16. The predicted molar refractivity (Wildman–Crippen MR) is 92.8 cm³/mol. The monoisotopic (exact) mass is 314 g/mol. The van der Waals surface area contributed by atoms with Crippen LogP contribution < -0.4 is 9.80 Å². The van der Waals surface area contributed by atoms with Crippen molar-refractivity contribution >= 4 is 23.1 Å². The highest BCUT2D eigenvalue weighted by Gasteiger charge is 2.58. The van der Waals surface area contributed by atoms with Crippen molar-refractivity contribution in [1.82, 2.24) is 0 Å². The zero-order chi connectivity index (χ0) is 16.8. The minimum atomic E-state index is -0.754. The third-order valence-electron chi connectivity index (χ3n) is 4.87. The lowest BCUT2D eigenvalue weighted by atomic mass is 9.83. The molecule has 23 heavy (non-hydrogen) atoms. The van der Waals surface area contributed by atoms with Crippen LogP contribution in [0.3, 0.4) is 0 Å². The van der Waals surface area contributed by atoms with Crippen molar-refractivity contribution in [2.75, 3.05) is 29.9 Å². The van der Waals surface area contributed by atoms with Crippen LogP contribution in [0.2, 0.25) is 0 Å². The van der Waals surface area contributed by atoms with Gasteiger partial charge in [0, 0.05) is 26.6 Å². The van der Waals surface area contributed by atoms with Gasteiger partial charge in [0.2, 0.25) is 5.91 Å². The summed E-state index contributed by atoms with van der Waals surface area (Å²) in [6, 6.07) is 7.95. The number of carbonyl (C=O) groups excluding carboxylic acids is 2. The van der Waals surface area contributed by atoms with E-state index in [1.165, 1.54) is 0 Å². The molecule has 1 aliphatic carbocycles. The Hall–Kier alpha value is -1.84. The number of likely N-dealkylation sites (N-methyl/N-ethyl adjacent to an activating group) is 1. The van der Waals surface area contributed by atoms with Gasteiger partial charge in [0.05, 0.1) is 11.4 Å². The molecule has 0 atom stereocenters. The third-order valence-corrected chi connectivity index (χ3v) is 4.87. The van der Waals surface area contributed by atoms with Crippen LogP contribution >= 0.6 is 0 Å². The largest absolute Gasteiger partial charge is 0.371 e. The van der Waals surface area contributed by atoms with Gasteiger partial charge in [-0.2, -0.15) is 0 Å². The Balaban J connectivity index is 1.87. The maximum absolute atomic E-state index is 13.2. The lowest BCUT2D eigenvalue weighted by Crippen LogP contribution is -2.48. The molecule has 0 spiro atoms. The molecule has 1 aromatic rings. The molecule has 0 radical (unpaired) electrons. The van der Waals surface area contributed by atoms with Gasteiger partial charge in [0.15, 0.2) is 0 Å². The molecule has 0 saturated heterocycles. The number of Topliss-reactive ketones (excluding diaryl/α,β-unsaturated/α-hetero) is 1. The number of carbonyl (C=O) groups is 2. The first-order chi connectivity index (χ1) is 10.7. The van der Waals surface area contributed by atoms with Gasteiger partial charge in [0.25, 0.3) is 0 Å². The quantitative estimate of drug-likeness (QED) is 0.804. The van der Waals surface area contributed by atoms with Gasteiger partial charge < -0.3 is 9.80 Å². The summed E-state index contributed by atoms with van der Waals surface area (Å²) in [5, 5.41) is 0. The van der Waals surface area contributed by atoms with Crippen molar-refractivity contribution in [3.8, 4) is 0 Å². The number of ketones is 1. The molecule has 4 nitrogen and oxygen atoms in total. The second-order valence-corrected chi connectivity index (χ2v) is 8.11. The highest BCUT2D eigenvalue weighted by Crippen LogP contribution is 2.51. The minimum Gasteiger partial charge on any atom is -0.371 e. The van der Waals surface area contributed by atoms with E-state index >= 15 is 0 Å². The summed E-state index contributed by atoms with van der Waals surface area (Å²) in [4.78, 5) is 29.9. The van der Waals surface area contributed by atoms with Gasteiger partial charge in [-0.05, 0) is 30.4 Å². The molecule has 1 heterocycles. The molecular formula is C19H26N2O2. The number of rotatable bonds is 3. The fraction of sp³-hybridized carbons (Fsp3) is 0.579. The van der Waals surface area contributed by atoms with Crippen LogP contribution in [0.1, 0.15) is 40.0 Å². The number of anilines is 2. The molecule has 2 aliphatic rings. The Morgan fingerprint density at radius 3 is 2.26 bits per heavy atom. The summed E-state index contributed by atoms with van der Waals surface area (Å²) in [6.07, 6.45) is 1.87. The average Bonchev–Trinajstić information content (AvgIpc) is 3.27. The van der Waals surface area contributed by atoms with E-state index in [0.29, 0.717) is 25.8 Å². The molecule has 1 saturated carbocycles. The molecular weight excluding hydrogens is 288 g/mol. The Labute approximate surface area is 138 Å². The second-order valence-electron chi connectivity index (χ2n) is 8.11. The van der Waals surface area contributed by atoms with E-state index < -0.39 is 5.41 Å². The zero-order valence-corrected chi connectivity index (χ0v) is 14.6. The van der Waals surface area contributed by atoms with Crippen LogP contribution in [0.4, 0.5) is 11.4 Å². The van der Waals surface area contributed by atoms with E-state index in [0.717, 1.165) is 17.9 Å². The number of amides is 1. The van der Waals surface area contributed by atoms with Gasteiger partial charge in [-0.3, -0.25) is 9.59 Å². The average molecular weight is 314 g/mol. The molecule has 4 heteroatoms. The van der Waals surface area contributed by atoms with E-state index in [2.05, 4.69) is 25.7 Å². The van der Waals surface area contributed by atoms with Crippen molar-refractivity contribution in [2.24, 2.45) is 10.8 Å². The highest BCUT2D eigenvalue weighted by molar-refractivity contribution is 6.15. The van der Waals surface area contributed by atoms with Crippen molar-refractivity contribution in [2.45, 2.75) is 40.0 Å². The SMILES string of the molecule is CN1CCN(C(=O)C2(C(=O)CC(C)(C)C)CC2)c2ccccc21. The van der Waals surface area contributed by atoms with E-state index in [-0.39, 0.29) is 17.1 Å². The molecule has 3 rings (SSSR count). The van der Waals surface area contributed by atoms with Crippen LogP contribution in [0.25, 0.3) is 0 Å². The van der Waals surface area contributed by atoms with Crippen LogP contribution in [0.5, 0.6) is 0 Å².